The number of rotatable bonds is 10. The van der Waals surface area contributed by atoms with Crippen molar-refractivity contribution in [1.82, 2.24) is 0 Å². The van der Waals surface area contributed by atoms with E-state index in [0.29, 0.717) is 0 Å². The number of carbonyl (C=O) groups is 2. The number of aliphatic hydroxyl groups excluding tert-OH is 5. The van der Waals surface area contributed by atoms with Crippen LogP contribution < -0.4 is 0 Å². The van der Waals surface area contributed by atoms with Crippen LogP contribution in [0, 0.1) is 5.41 Å². The molecule has 0 aromatic heterocycles. The molecule has 2 aliphatic heterocycles. The lowest BCUT2D eigenvalue weighted by atomic mass is 9.90. The van der Waals surface area contributed by atoms with Crippen molar-refractivity contribution in [1.29, 1.82) is 0 Å². The van der Waals surface area contributed by atoms with E-state index in [1.165, 1.54) is 28.1 Å². The molecule has 34 heavy (non-hydrogen) atoms. The summed E-state index contributed by atoms with van der Waals surface area (Å²) in [5.74, 6) is -2.07. The molecule has 0 spiro atoms. The van der Waals surface area contributed by atoms with Crippen molar-refractivity contribution in [2.24, 2.45) is 5.41 Å². The number of methoxy groups -OCH3 is 2. The zero-order valence-corrected chi connectivity index (χ0v) is 19.3. The summed E-state index contributed by atoms with van der Waals surface area (Å²) in [6.45, 7) is 1.58. The molecule has 5 unspecified atom stereocenters. The zero-order chi connectivity index (χ0) is 25.8. The van der Waals surface area contributed by atoms with Crippen LogP contribution in [0.4, 0.5) is 0 Å². The third-order valence-electron chi connectivity index (χ3n) is 5.83. The smallest absolute Gasteiger partial charge is 0.309 e. The minimum absolute atomic E-state index is 0.452. The van der Waals surface area contributed by atoms with Crippen LogP contribution in [-0.4, -0.2) is 131 Å². The van der Waals surface area contributed by atoms with Crippen LogP contribution in [0.25, 0.3) is 0 Å². The minimum Gasteiger partial charge on any atom is -0.481 e. The summed E-state index contributed by atoms with van der Waals surface area (Å²) in [4.78, 5) is 23.4. The maximum Gasteiger partial charge on any atom is 0.309 e. The third-order valence-corrected chi connectivity index (χ3v) is 5.83. The molecular weight excluding hydrogens is 464 g/mol. The normalized spacial score (nSPS) is 39.0. The number of hydrogen-bond acceptors (Lipinski definition) is 13. The quantitative estimate of drug-likeness (QED) is 0.165. The van der Waals surface area contributed by atoms with E-state index < -0.39 is 98.4 Å². The first-order valence-corrected chi connectivity index (χ1v) is 10.6. The van der Waals surface area contributed by atoms with Gasteiger partial charge in [0.1, 0.15) is 55.4 Å². The van der Waals surface area contributed by atoms with E-state index in [0.717, 1.165) is 0 Å². The van der Waals surface area contributed by atoms with Crippen LogP contribution in [0.15, 0.2) is 0 Å². The molecule has 0 aliphatic carbocycles. The topological polar surface area (TPSA) is 211 Å². The van der Waals surface area contributed by atoms with E-state index in [-0.39, 0.29) is 0 Å². The Balaban J connectivity index is 2.16. The van der Waals surface area contributed by atoms with E-state index in [1.807, 2.05) is 0 Å². The molecule has 14 heteroatoms. The van der Waals surface area contributed by atoms with Crippen molar-refractivity contribution < 1.29 is 68.6 Å². The number of aliphatic carboxylic acids is 1. The molecule has 0 saturated carbocycles. The largest absolute Gasteiger partial charge is 0.481 e. The van der Waals surface area contributed by atoms with E-state index in [2.05, 4.69) is 0 Å². The predicted octanol–water partition coefficient (Wildman–Crippen LogP) is -3.04. The van der Waals surface area contributed by atoms with Crippen LogP contribution in [0.1, 0.15) is 20.3 Å². The molecule has 0 aromatic rings. The molecule has 10 atom stereocenters. The standard InChI is InChI=1S/C20H34O14/c1-20(2,19(27)28)5-10(22)31-7-9-16(12(24)13(25)17(30-4)33-9)34-18-14(26)11(23)15(29-3)8(6-21)32-18/h8-9,11-18,21,23-26H,5-7H2,1-4H3,(H,27,28)/t8?,9-,11-,12?,13?,14-,15+,16?,17+,18?/m1/s1. The summed E-state index contributed by atoms with van der Waals surface area (Å²) in [6, 6.07) is 0. The number of carboxylic acids is 1. The Kier molecular flexibility index (Phi) is 10.1. The van der Waals surface area contributed by atoms with Crippen LogP contribution in [0.3, 0.4) is 0 Å². The van der Waals surface area contributed by atoms with Crippen molar-refractivity contribution in [2.45, 2.75) is 81.7 Å². The summed E-state index contributed by atoms with van der Waals surface area (Å²) in [5, 5.41) is 60.3. The summed E-state index contributed by atoms with van der Waals surface area (Å²) in [6.07, 6.45) is -14.7. The fourth-order valence-electron chi connectivity index (χ4n) is 3.68. The molecule has 0 bridgehead atoms. The van der Waals surface area contributed by atoms with Crippen molar-refractivity contribution in [3.63, 3.8) is 0 Å². The van der Waals surface area contributed by atoms with Crippen molar-refractivity contribution in [3.8, 4) is 0 Å². The number of aliphatic hydroxyl groups is 5. The van der Waals surface area contributed by atoms with Gasteiger partial charge in [0.2, 0.25) is 0 Å². The Labute approximate surface area is 195 Å². The van der Waals surface area contributed by atoms with Gasteiger partial charge >= 0.3 is 11.9 Å². The fraction of sp³-hybridized carbons (Fsp3) is 0.900. The molecule has 2 saturated heterocycles. The molecule has 6 N–H and O–H groups in total. The van der Waals surface area contributed by atoms with E-state index >= 15 is 0 Å². The molecule has 2 aliphatic rings. The van der Waals surface area contributed by atoms with Gasteiger partial charge in [0.05, 0.1) is 18.4 Å². The van der Waals surface area contributed by atoms with Gasteiger partial charge in [-0.05, 0) is 13.8 Å². The Morgan fingerprint density at radius 3 is 1.94 bits per heavy atom. The summed E-state index contributed by atoms with van der Waals surface area (Å²) in [5.41, 5.74) is -1.39. The molecule has 0 amide bonds. The second kappa shape index (κ2) is 12.0. The van der Waals surface area contributed by atoms with Gasteiger partial charge in [0.15, 0.2) is 12.6 Å². The van der Waals surface area contributed by atoms with E-state index in [4.69, 9.17) is 28.4 Å². The van der Waals surface area contributed by atoms with Crippen LogP contribution in [0.5, 0.6) is 0 Å². The van der Waals surface area contributed by atoms with Gasteiger partial charge in [-0.3, -0.25) is 9.59 Å². The fourth-order valence-corrected chi connectivity index (χ4v) is 3.68. The number of hydrogen-bond donors (Lipinski definition) is 6. The highest BCUT2D eigenvalue weighted by atomic mass is 16.7. The Hall–Kier alpha value is -1.46. The number of carboxylic acid groups (broad SMARTS) is 1. The third kappa shape index (κ3) is 6.40. The highest BCUT2D eigenvalue weighted by Gasteiger charge is 2.51. The number of esters is 1. The van der Waals surface area contributed by atoms with Crippen molar-refractivity contribution in [2.75, 3.05) is 27.4 Å². The Morgan fingerprint density at radius 1 is 0.853 bits per heavy atom. The average Bonchev–Trinajstić information content (AvgIpc) is 2.78. The van der Waals surface area contributed by atoms with Gasteiger partial charge in [-0.1, -0.05) is 0 Å². The van der Waals surface area contributed by atoms with Gasteiger partial charge in [-0.25, -0.2) is 0 Å². The van der Waals surface area contributed by atoms with Gasteiger partial charge in [-0.15, -0.1) is 0 Å². The molecule has 14 nitrogen and oxygen atoms in total. The zero-order valence-electron chi connectivity index (χ0n) is 19.3. The monoisotopic (exact) mass is 498 g/mol. The van der Waals surface area contributed by atoms with Crippen molar-refractivity contribution >= 4 is 11.9 Å². The second-order valence-corrected chi connectivity index (χ2v) is 8.82. The van der Waals surface area contributed by atoms with Crippen LogP contribution in [-0.2, 0) is 38.0 Å². The highest BCUT2D eigenvalue weighted by molar-refractivity contribution is 5.81. The van der Waals surface area contributed by atoms with E-state index in [9.17, 15) is 40.2 Å². The van der Waals surface area contributed by atoms with Gasteiger partial charge < -0.3 is 59.1 Å². The summed E-state index contributed by atoms with van der Waals surface area (Å²) >= 11 is 0. The lowest BCUT2D eigenvalue weighted by Crippen LogP contribution is -2.65. The molecular formula is C20H34O14. The molecule has 2 rings (SSSR count). The van der Waals surface area contributed by atoms with Gasteiger partial charge in [-0.2, -0.15) is 0 Å². The number of ether oxygens (including phenoxy) is 6. The minimum atomic E-state index is -1.67. The molecule has 0 radical (unpaired) electrons. The first kappa shape index (κ1) is 28.8. The second-order valence-electron chi connectivity index (χ2n) is 8.82. The molecule has 2 heterocycles. The average molecular weight is 498 g/mol. The maximum atomic E-state index is 12.2. The predicted molar refractivity (Wildman–Crippen MR) is 108 cm³/mol. The first-order chi connectivity index (χ1) is 15.9. The lowest BCUT2D eigenvalue weighted by Gasteiger charge is -2.46. The van der Waals surface area contributed by atoms with Gasteiger partial charge in [0, 0.05) is 14.2 Å². The van der Waals surface area contributed by atoms with Gasteiger partial charge in [0.25, 0.3) is 0 Å². The molecule has 198 valence electrons. The number of carbonyl (C=O) groups excluding carboxylic acids is 1. The van der Waals surface area contributed by atoms with E-state index in [1.54, 1.807) is 0 Å². The SMILES string of the molecule is CO[C@H]1O[C@H](COC(=O)CC(C)(C)C(=O)O)C(OC2OC(CO)[C@H](OC)[C@H](O)[C@H]2O)C(O)C1O. The first-order valence-electron chi connectivity index (χ1n) is 10.6. The summed E-state index contributed by atoms with van der Waals surface area (Å²) < 4.78 is 31.8. The Bertz CT molecular complexity index is 684. The molecule has 2 fully saturated rings. The maximum absolute atomic E-state index is 12.2. The summed E-state index contributed by atoms with van der Waals surface area (Å²) in [7, 11) is 2.46. The lowest BCUT2D eigenvalue weighted by molar-refractivity contribution is -0.358. The van der Waals surface area contributed by atoms with Crippen molar-refractivity contribution in [3.05, 3.63) is 0 Å². The molecule has 0 aromatic carbocycles. The van der Waals surface area contributed by atoms with Crippen LogP contribution in [0.2, 0.25) is 0 Å². The highest BCUT2D eigenvalue weighted by Crippen LogP contribution is 2.30. The Morgan fingerprint density at radius 2 is 1.41 bits per heavy atom. The van der Waals surface area contributed by atoms with Crippen LogP contribution >= 0.6 is 0 Å².